The highest BCUT2D eigenvalue weighted by Gasteiger charge is 2.26. The number of hydrogen-bond donors (Lipinski definition) is 2. The van der Waals surface area contributed by atoms with E-state index in [9.17, 15) is 9.59 Å². The van der Waals surface area contributed by atoms with E-state index in [4.69, 9.17) is 9.47 Å². The van der Waals surface area contributed by atoms with Crippen molar-refractivity contribution in [1.82, 2.24) is 10.3 Å². The van der Waals surface area contributed by atoms with Gasteiger partial charge in [0.05, 0.1) is 37.6 Å². The Balaban J connectivity index is 1.44. The highest BCUT2D eigenvalue weighted by Crippen LogP contribution is 2.30. The number of hydrogen-bond acceptors (Lipinski definition) is 6. The Bertz CT molecular complexity index is 926. The molecule has 4 rings (SSSR count). The number of amides is 2. The van der Waals surface area contributed by atoms with E-state index in [1.807, 2.05) is 24.3 Å². The van der Waals surface area contributed by atoms with Gasteiger partial charge in [0.1, 0.15) is 5.75 Å². The number of aromatic nitrogens is 1. The van der Waals surface area contributed by atoms with Crippen molar-refractivity contribution in [1.29, 1.82) is 0 Å². The minimum atomic E-state index is -0.200. The van der Waals surface area contributed by atoms with E-state index in [2.05, 4.69) is 15.6 Å². The molecule has 2 N–H and O–H groups in total. The highest BCUT2D eigenvalue weighted by atomic mass is 16.5. The quantitative estimate of drug-likeness (QED) is 0.710. The molecule has 1 unspecified atom stereocenters. The number of methoxy groups -OCH3 is 1. The fourth-order valence-electron chi connectivity index (χ4n) is 3.88. The average Bonchev–Trinajstić information content (AvgIpc) is 2.81. The normalized spacial score (nSPS) is 18.2. The molecule has 1 atom stereocenters. The van der Waals surface area contributed by atoms with E-state index in [-0.39, 0.29) is 24.5 Å². The predicted molar refractivity (Wildman–Crippen MR) is 117 cm³/mol. The number of pyridine rings is 1. The molecule has 2 amide bonds. The average molecular weight is 425 g/mol. The molecule has 31 heavy (non-hydrogen) atoms. The van der Waals surface area contributed by atoms with Crippen LogP contribution in [0, 0.1) is 0 Å². The highest BCUT2D eigenvalue weighted by molar-refractivity contribution is 6.04. The first kappa shape index (κ1) is 21.1. The third-order valence-corrected chi connectivity index (χ3v) is 5.65. The summed E-state index contributed by atoms with van der Waals surface area (Å²) in [5.41, 5.74) is 2.00. The van der Waals surface area contributed by atoms with Crippen LogP contribution in [-0.4, -0.2) is 49.7 Å². The Labute approximate surface area is 181 Å². The van der Waals surface area contributed by atoms with Crippen molar-refractivity contribution in [3.05, 3.63) is 47.7 Å². The molecule has 8 nitrogen and oxygen atoms in total. The first-order chi connectivity index (χ1) is 15.1. The van der Waals surface area contributed by atoms with Crippen LogP contribution >= 0.6 is 0 Å². The van der Waals surface area contributed by atoms with Crippen LogP contribution in [0.1, 0.15) is 41.6 Å². The fraction of sp³-hybridized carbons (Fsp3) is 0.435. The monoisotopic (exact) mass is 424 g/mol. The first-order valence-electron chi connectivity index (χ1n) is 10.7. The Hall–Kier alpha value is -3.13. The second-order valence-electron chi connectivity index (χ2n) is 7.81. The van der Waals surface area contributed by atoms with E-state index >= 15 is 0 Å². The molecule has 2 aliphatic rings. The van der Waals surface area contributed by atoms with E-state index in [1.54, 1.807) is 24.3 Å². The van der Waals surface area contributed by atoms with Crippen molar-refractivity contribution >= 4 is 23.3 Å². The zero-order valence-electron chi connectivity index (χ0n) is 17.7. The van der Waals surface area contributed by atoms with E-state index in [0.29, 0.717) is 30.2 Å². The second-order valence-corrected chi connectivity index (χ2v) is 7.81. The molecule has 2 aliphatic heterocycles. The molecule has 1 fully saturated rings. The zero-order valence-corrected chi connectivity index (χ0v) is 17.7. The zero-order chi connectivity index (χ0) is 21.6. The number of carbonyl (C=O) groups excluding carboxylic acids is 2. The summed E-state index contributed by atoms with van der Waals surface area (Å²) >= 11 is 0. The summed E-state index contributed by atoms with van der Waals surface area (Å²) in [7, 11) is 1.62. The van der Waals surface area contributed by atoms with Crippen LogP contribution in [0.2, 0.25) is 0 Å². The minimum absolute atomic E-state index is 0.0721. The maximum Gasteiger partial charge on any atom is 0.252 e. The van der Waals surface area contributed by atoms with E-state index in [1.165, 1.54) is 6.42 Å². The van der Waals surface area contributed by atoms with Crippen LogP contribution in [0.5, 0.6) is 5.75 Å². The topological polar surface area (TPSA) is 92.8 Å². The lowest BCUT2D eigenvalue weighted by molar-refractivity contribution is -0.117. The Morgan fingerprint density at radius 3 is 2.90 bits per heavy atom. The molecular weight excluding hydrogens is 396 g/mol. The summed E-state index contributed by atoms with van der Waals surface area (Å²) in [5, 5.41) is 5.97. The van der Waals surface area contributed by atoms with Gasteiger partial charge in [-0.2, -0.15) is 0 Å². The van der Waals surface area contributed by atoms with Gasteiger partial charge in [0, 0.05) is 19.3 Å². The van der Waals surface area contributed by atoms with Gasteiger partial charge in [-0.15, -0.1) is 0 Å². The maximum atomic E-state index is 12.7. The molecule has 1 aromatic heterocycles. The lowest BCUT2D eigenvalue weighted by Crippen LogP contribution is -2.40. The summed E-state index contributed by atoms with van der Waals surface area (Å²) in [4.78, 5) is 31.3. The maximum absolute atomic E-state index is 12.7. The molecule has 0 bridgehead atoms. The lowest BCUT2D eigenvalue weighted by atomic mass is 10.1. The number of anilines is 2. The van der Waals surface area contributed by atoms with Crippen molar-refractivity contribution in [3.8, 4) is 5.75 Å². The summed E-state index contributed by atoms with van der Waals surface area (Å²) in [5.74, 6) is 1.08. The summed E-state index contributed by atoms with van der Waals surface area (Å²) in [6.07, 6.45) is 5.90. The standard InChI is InChI=1S/C23H28N4O4/c1-30-18-7-5-16(6-8-18)15-27-20-12-17(13-25-22(20)26-14-21(27)28)23(29)24-10-9-19-4-2-3-11-31-19/h5-8,12-13,19H,2-4,9-11,14-15H2,1H3,(H,24,29)(H,25,26). The predicted octanol–water partition coefficient (Wildman–Crippen LogP) is 2.74. The molecule has 164 valence electrons. The first-order valence-corrected chi connectivity index (χ1v) is 10.7. The third-order valence-electron chi connectivity index (χ3n) is 5.65. The Morgan fingerprint density at radius 1 is 1.32 bits per heavy atom. The molecule has 0 saturated carbocycles. The summed E-state index contributed by atoms with van der Waals surface area (Å²) in [6.45, 7) is 1.91. The van der Waals surface area contributed by atoms with Gasteiger partial charge in [0.15, 0.2) is 5.82 Å². The van der Waals surface area contributed by atoms with Crippen molar-refractivity contribution in [3.63, 3.8) is 0 Å². The van der Waals surface area contributed by atoms with Gasteiger partial charge in [-0.05, 0) is 49.4 Å². The minimum Gasteiger partial charge on any atom is -0.497 e. The molecule has 0 spiro atoms. The van der Waals surface area contributed by atoms with Crippen LogP contribution in [0.3, 0.4) is 0 Å². The van der Waals surface area contributed by atoms with Gasteiger partial charge >= 0.3 is 0 Å². The Morgan fingerprint density at radius 2 is 2.16 bits per heavy atom. The second kappa shape index (κ2) is 9.78. The van der Waals surface area contributed by atoms with Crippen LogP contribution in [0.15, 0.2) is 36.5 Å². The van der Waals surface area contributed by atoms with Crippen molar-refractivity contribution in [2.45, 2.75) is 38.3 Å². The summed E-state index contributed by atoms with van der Waals surface area (Å²) < 4.78 is 10.9. The van der Waals surface area contributed by atoms with Gasteiger partial charge in [0.2, 0.25) is 5.91 Å². The van der Waals surface area contributed by atoms with Crippen molar-refractivity contribution in [2.24, 2.45) is 0 Å². The van der Waals surface area contributed by atoms with Gasteiger partial charge in [-0.1, -0.05) is 12.1 Å². The number of nitrogens with zero attached hydrogens (tertiary/aromatic N) is 2. The molecular formula is C23H28N4O4. The van der Waals surface area contributed by atoms with Gasteiger partial charge in [0.25, 0.3) is 5.91 Å². The molecule has 0 radical (unpaired) electrons. The van der Waals surface area contributed by atoms with Gasteiger partial charge < -0.3 is 25.0 Å². The number of rotatable bonds is 7. The molecule has 1 aromatic carbocycles. The molecule has 8 heteroatoms. The van der Waals surface area contributed by atoms with Gasteiger partial charge in [-0.25, -0.2) is 4.98 Å². The van der Waals surface area contributed by atoms with Crippen LogP contribution in [0.25, 0.3) is 0 Å². The van der Waals surface area contributed by atoms with Crippen LogP contribution in [0.4, 0.5) is 11.5 Å². The van der Waals surface area contributed by atoms with Crippen molar-refractivity contribution < 1.29 is 19.1 Å². The number of ether oxygens (including phenoxy) is 2. The molecule has 3 heterocycles. The number of nitrogens with one attached hydrogen (secondary N) is 2. The molecule has 1 saturated heterocycles. The lowest BCUT2D eigenvalue weighted by Gasteiger charge is -2.30. The third kappa shape index (κ3) is 5.14. The van der Waals surface area contributed by atoms with E-state index < -0.39 is 0 Å². The fourth-order valence-corrected chi connectivity index (χ4v) is 3.88. The molecule has 0 aliphatic carbocycles. The molecule has 2 aromatic rings. The summed E-state index contributed by atoms with van der Waals surface area (Å²) in [6, 6.07) is 9.29. The smallest absolute Gasteiger partial charge is 0.252 e. The van der Waals surface area contributed by atoms with Gasteiger partial charge in [-0.3, -0.25) is 9.59 Å². The largest absolute Gasteiger partial charge is 0.497 e. The number of benzene rings is 1. The Kier molecular flexibility index (Phi) is 6.66. The van der Waals surface area contributed by atoms with E-state index in [0.717, 1.165) is 37.2 Å². The van der Waals surface area contributed by atoms with Crippen LogP contribution < -0.4 is 20.3 Å². The van der Waals surface area contributed by atoms with Crippen LogP contribution in [-0.2, 0) is 16.1 Å². The SMILES string of the molecule is COc1ccc(CN2C(=O)CNc3ncc(C(=O)NCCC4CCCCO4)cc32)cc1. The van der Waals surface area contributed by atoms with Crippen molar-refractivity contribution in [2.75, 3.05) is 37.0 Å². The number of fused-ring (bicyclic) bond motifs is 1. The number of carbonyl (C=O) groups is 2.